The fourth-order valence-electron chi connectivity index (χ4n) is 2.76. The molecule has 10 nitrogen and oxygen atoms in total. The van der Waals surface area contributed by atoms with Gasteiger partial charge in [0, 0.05) is 57.7 Å². The van der Waals surface area contributed by atoms with E-state index >= 15 is 0 Å². The van der Waals surface area contributed by atoms with Crippen LogP contribution in [0, 0.1) is 10.1 Å². The summed E-state index contributed by atoms with van der Waals surface area (Å²) in [7, 11) is 0. The van der Waals surface area contributed by atoms with Gasteiger partial charge in [-0.1, -0.05) is 12.1 Å². The molecule has 0 aromatic heterocycles. The second-order valence-corrected chi connectivity index (χ2v) is 7.00. The molecule has 0 radical (unpaired) electrons. The van der Waals surface area contributed by atoms with Crippen molar-refractivity contribution >= 4 is 17.5 Å². The van der Waals surface area contributed by atoms with Crippen LogP contribution >= 0.6 is 0 Å². The van der Waals surface area contributed by atoms with Crippen molar-refractivity contribution in [1.29, 1.82) is 0 Å². The minimum absolute atomic E-state index is 0.0452. The molecule has 0 aliphatic carbocycles. The Bertz CT molecular complexity index is 627. The van der Waals surface area contributed by atoms with Crippen LogP contribution in [0.4, 0.5) is 5.69 Å². The first-order valence-corrected chi connectivity index (χ1v) is 10.4. The second kappa shape index (κ2) is 15.3. The first-order chi connectivity index (χ1) is 14.5. The highest BCUT2D eigenvalue weighted by Crippen LogP contribution is 2.12. The molecule has 168 valence electrons. The van der Waals surface area contributed by atoms with E-state index in [1.807, 2.05) is 0 Å². The molecule has 0 aliphatic heterocycles. The van der Waals surface area contributed by atoms with E-state index in [4.69, 9.17) is 11.5 Å². The summed E-state index contributed by atoms with van der Waals surface area (Å²) in [5.41, 5.74) is 11.9. The number of hydrogen-bond acceptors (Lipinski definition) is 7. The van der Waals surface area contributed by atoms with E-state index in [1.54, 1.807) is 12.1 Å². The lowest BCUT2D eigenvalue weighted by Gasteiger charge is -2.22. The molecule has 0 bridgehead atoms. The van der Waals surface area contributed by atoms with Crippen LogP contribution < -0.4 is 22.1 Å². The molecule has 0 unspecified atom stereocenters. The Balaban J connectivity index is 2.54. The largest absolute Gasteiger partial charge is 0.356 e. The molecule has 1 rings (SSSR count). The van der Waals surface area contributed by atoms with E-state index in [0.29, 0.717) is 65.1 Å². The number of carbonyl (C=O) groups excluding carboxylic acids is 2. The van der Waals surface area contributed by atoms with Crippen LogP contribution in [0.1, 0.15) is 31.2 Å². The number of benzene rings is 1. The highest BCUT2D eigenvalue weighted by atomic mass is 16.6. The van der Waals surface area contributed by atoms with Gasteiger partial charge in [0.1, 0.15) is 0 Å². The van der Waals surface area contributed by atoms with Gasteiger partial charge in [-0.25, -0.2) is 0 Å². The number of amides is 2. The van der Waals surface area contributed by atoms with Gasteiger partial charge in [0.05, 0.1) is 4.92 Å². The van der Waals surface area contributed by atoms with Crippen molar-refractivity contribution in [2.75, 3.05) is 45.8 Å². The maximum atomic E-state index is 12.0. The molecule has 0 fully saturated rings. The third kappa shape index (κ3) is 11.4. The van der Waals surface area contributed by atoms with Gasteiger partial charge >= 0.3 is 0 Å². The van der Waals surface area contributed by atoms with E-state index < -0.39 is 4.92 Å². The Labute approximate surface area is 177 Å². The summed E-state index contributed by atoms with van der Waals surface area (Å²) in [5, 5.41) is 16.4. The lowest BCUT2D eigenvalue weighted by molar-refractivity contribution is -0.384. The Kier molecular flexibility index (Phi) is 13.0. The minimum Gasteiger partial charge on any atom is -0.356 e. The van der Waals surface area contributed by atoms with Crippen molar-refractivity contribution in [3.8, 4) is 0 Å². The number of nitrogens with two attached hydrogens (primary N) is 2. The fourth-order valence-corrected chi connectivity index (χ4v) is 2.76. The minimum atomic E-state index is -0.428. The highest BCUT2D eigenvalue weighted by Gasteiger charge is 2.12. The SMILES string of the molecule is NCCCNC(=O)CCN(CCC(=O)NCCCN)CCc1ccc([N+](=O)[O-])cc1. The van der Waals surface area contributed by atoms with Gasteiger partial charge in [-0.15, -0.1) is 0 Å². The number of nitro benzene ring substituents is 1. The van der Waals surface area contributed by atoms with Crippen LogP contribution in [0.25, 0.3) is 0 Å². The number of nitro groups is 1. The van der Waals surface area contributed by atoms with E-state index in [-0.39, 0.29) is 17.5 Å². The predicted molar refractivity (Wildman–Crippen MR) is 116 cm³/mol. The quantitative estimate of drug-likeness (QED) is 0.168. The normalized spacial score (nSPS) is 10.8. The number of non-ortho nitro benzene ring substituents is 1. The Morgan fingerprint density at radius 3 is 1.83 bits per heavy atom. The maximum absolute atomic E-state index is 12.0. The van der Waals surface area contributed by atoms with Crippen molar-refractivity contribution in [2.24, 2.45) is 11.5 Å². The van der Waals surface area contributed by atoms with E-state index in [0.717, 1.165) is 18.4 Å². The molecule has 0 saturated heterocycles. The molecular weight excluding hydrogens is 388 g/mol. The average molecular weight is 423 g/mol. The van der Waals surface area contributed by atoms with Gasteiger partial charge in [0.2, 0.25) is 11.8 Å². The summed E-state index contributed by atoms with van der Waals surface area (Å²) in [4.78, 5) is 36.4. The van der Waals surface area contributed by atoms with Gasteiger partial charge in [0.15, 0.2) is 0 Å². The second-order valence-electron chi connectivity index (χ2n) is 7.00. The molecule has 0 spiro atoms. The number of rotatable bonds is 16. The van der Waals surface area contributed by atoms with Crippen LogP contribution in [0.5, 0.6) is 0 Å². The lowest BCUT2D eigenvalue weighted by atomic mass is 10.1. The number of carbonyl (C=O) groups is 2. The molecule has 0 saturated carbocycles. The average Bonchev–Trinajstić information content (AvgIpc) is 2.73. The summed E-state index contributed by atoms with van der Waals surface area (Å²) in [5.74, 6) is -0.0904. The molecule has 0 heterocycles. The molecule has 0 atom stereocenters. The number of nitrogens with zero attached hydrogens (tertiary/aromatic N) is 2. The number of nitrogens with one attached hydrogen (secondary N) is 2. The van der Waals surface area contributed by atoms with Crippen molar-refractivity contribution in [3.63, 3.8) is 0 Å². The first kappa shape index (κ1) is 25.5. The van der Waals surface area contributed by atoms with Crippen molar-refractivity contribution in [3.05, 3.63) is 39.9 Å². The Morgan fingerprint density at radius 2 is 1.40 bits per heavy atom. The topological polar surface area (TPSA) is 157 Å². The van der Waals surface area contributed by atoms with Gasteiger partial charge in [-0.05, 0) is 37.9 Å². The van der Waals surface area contributed by atoms with E-state index in [9.17, 15) is 19.7 Å². The summed E-state index contributed by atoms with van der Waals surface area (Å²) in [6, 6.07) is 6.43. The van der Waals surface area contributed by atoms with Crippen LogP contribution in [0.2, 0.25) is 0 Å². The van der Waals surface area contributed by atoms with Crippen LogP contribution in [0.15, 0.2) is 24.3 Å². The van der Waals surface area contributed by atoms with E-state index in [1.165, 1.54) is 12.1 Å². The van der Waals surface area contributed by atoms with Crippen LogP contribution in [-0.4, -0.2) is 67.5 Å². The molecule has 30 heavy (non-hydrogen) atoms. The maximum Gasteiger partial charge on any atom is 0.269 e. The zero-order valence-electron chi connectivity index (χ0n) is 17.5. The molecule has 1 aromatic carbocycles. The molecule has 6 N–H and O–H groups in total. The van der Waals surface area contributed by atoms with Gasteiger partial charge in [-0.3, -0.25) is 19.7 Å². The van der Waals surface area contributed by atoms with Crippen LogP contribution in [0.3, 0.4) is 0 Å². The highest BCUT2D eigenvalue weighted by molar-refractivity contribution is 5.76. The Morgan fingerprint density at radius 1 is 0.900 bits per heavy atom. The molecule has 1 aromatic rings. The lowest BCUT2D eigenvalue weighted by Crippen LogP contribution is -2.36. The third-order valence-corrected chi connectivity index (χ3v) is 4.58. The van der Waals surface area contributed by atoms with Crippen molar-refractivity contribution in [1.82, 2.24) is 15.5 Å². The summed E-state index contributed by atoms with van der Waals surface area (Å²) in [6.45, 7) is 3.87. The standard InChI is InChI=1S/C20H34N6O4/c21-10-1-12-23-19(27)8-15-25(16-9-20(28)24-13-2-11-22)14-7-17-3-5-18(6-4-17)26(29)30/h3-6H,1-2,7-16,21-22H2,(H,23,27)(H,24,28). The van der Waals surface area contributed by atoms with Gasteiger partial charge in [-0.2, -0.15) is 0 Å². The molecule has 2 amide bonds. The smallest absolute Gasteiger partial charge is 0.269 e. The summed E-state index contributed by atoms with van der Waals surface area (Å²) < 4.78 is 0. The monoisotopic (exact) mass is 422 g/mol. The van der Waals surface area contributed by atoms with E-state index in [2.05, 4.69) is 15.5 Å². The Hall–Kier alpha value is -2.56. The molecule has 10 heteroatoms. The zero-order valence-corrected chi connectivity index (χ0v) is 17.5. The summed E-state index contributed by atoms with van der Waals surface area (Å²) >= 11 is 0. The zero-order chi connectivity index (χ0) is 22.2. The van der Waals surface area contributed by atoms with Gasteiger partial charge in [0.25, 0.3) is 5.69 Å². The predicted octanol–water partition coefficient (Wildman–Crippen LogP) is 0.150. The fraction of sp³-hybridized carbons (Fsp3) is 0.600. The van der Waals surface area contributed by atoms with Crippen LogP contribution in [-0.2, 0) is 16.0 Å². The summed E-state index contributed by atoms with van der Waals surface area (Å²) in [6.07, 6.45) is 2.80. The molecular formula is C20H34N6O4. The first-order valence-electron chi connectivity index (χ1n) is 10.4. The van der Waals surface area contributed by atoms with Crippen molar-refractivity contribution < 1.29 is 14.5 Å². The molecule has 0 aliphatic rings. The number of hydrogen-bond donors (Lipinski definition) is 4. The third-order valence-electron chi connectivity index (χ3n) is 4.58. The van der Waals surface area contributed by atoms with Gasteiger partial charge < -0.3 is 27.0 Å². The van der Waals surface area contributed by atoms with Crippen molar-refractivity contribution in [2.45, 2.75) is 32.1 Å².